The molecule has 2 rings (SSSR count). The Morgan fingerprint density at radius 1 is 1.41 bits per heavy atom. The van der Waals surface area contributed by atoms with Crippen molar-refractivity contribution in [1.29, 1.82) is 0 Å². The molecule has 0 radical (unpaired) electrons. The molecule has 22 heavy (non-hydrogen) atoms. The highest BCUT2D eigenvalue weighted by Gasteiger charge is 2.26. The van der Waals surface area contributed by atoms with Crippen LogP contribution in [-0.2, 0) is 4.79 Å². The van der Waals surface area contributed by atoms with Crippen LogP contribution in [0.25, 0.3) is 0 Å². The molecule has 1 aromatic carbocycles. The van der Waals surface area contributed by atoms with E-state index in [-0.39, 0.29) is 23.4 Å². The maximum atomic E-state index is 12.4. The van der Waals surface area contributed by atoms with Gasteiger partial charge in [0.2, 0.25) is 5.91 Å². The fourth-order valence-electron chi connectivity index (χ4n) is 2.75. The minimum absolute atomic E-state index is 0.0231. The zero-order valence-corrected chi connectivity index (χ0v) is 12.9. The fourth-order valence-corrected chi connectivity index (χ4v) is 2.75. The molecule has 0 aliphatic carbocycles. The molecular weight excluding hydrogens is 290 g/mol. The van der Waals surface area contributed by atoms with Crippen molar-refractivity contribution in [2.45, 2.75) is 39.3 Å². The minimum atomic E-state index is -2.92. The molecule has 0 aromatic heterocycles. The lowest BCUT2D eigenvalue weighted by molar-refractivity contribution is -0.121. The fraction of sp³-hybridized carbons (Fsp3) is 0.562. The Labute approximate surface area is 129 Å². The summed E-state index contributed by atoms with van der Waals surface area (Å²) in [5.41, 5.74) is 0.268. The number of carbonyl (C=O) groups excluding carboxylic acids is 1. The summed E-state index contributed by atoms with van der Waals surface area (Å²) >= 11 is 0. The van der Waals surface area contributed by atoms with Crippen molar-refractivity contribution >= 4 is 11.6 Å². The van der Waals surface area contributed by atoms with Gasteiger partial charge in [-0.05, 0) is 44.4 Å². The molecule has 0 saturated carbocycles. The number of benzene rings is 1. The van der Waals surface area contributed by atoms with Gasteiger partial charge in [0.05, 0.1) is 11.7 Å². The van der Waals surface area contributed by atoms with Crippen molar-refractivity contribution in [3.63, 3.8) is 0 Å². The standard InChI is InChI=1S/C16H22F2N2O2/c1-11-6-5-9-20(10-11)12(2)15(21)19-13-7-3-4-8-14(13)22-16(17)18/h3-4,7-8,11-12,16H,5-6,9-10H2,1-2H3,(H,19,21). The Morgan fingerprint density at radius 2 is 2.14 bits per heavy atom. The number of amides is 1. The molecule has 1 fully saturated rings. The molecule has 1 aliphatic rings. The lowest BCUT2D eigenvalue weighted by Crippen LogP contribution is -2.46. The number of ether oxygens (including phenoxy) is 1. The van der Waals surface area contributed by atoms with Gasteiger partial charge in [-0.25, -0.2) is 0 Å². The number of nitrogens with one attached hydrogen (secondary N) is 1. The summed E-state index contributed by atoms with van der Waals surface area (Å²) in [6.45, 7) is 2.85. The summed E-state index contributed by atoms with van der Waals surface area (Å²) in [6.07, 6.45) is 2.25. The molecular formula is C16H22F2N2O2. The molecule has 1 aromatic rings. The molecule has 0 spiro atoms. The Morgan fingerprint density at radius 3 is 2.82 bits per heavy atom. The van der Waals surface area contributed by atoms with E-state index in [4.69, 9.17) is 0 Å². The van der Waals surface area contributed by atoms with Crippen molar-refractivity contribution < 1.29 is 18.3 Å². The topological polar surface area (TPSA) is 41.6 Å². The Kier molecular flexibility index (Phi) is 5.71. The molecule has 122 valence electrons. The predicted molar refractivity (Wildman–Crippen MR) is 81.1 cm³/mol. The predicted octanol–water partition coefficient (Wildman–Crippen LogP) is 3.35. The summed E-state index contributed by atoms with van der Waals surface area (Å²) in [4.78, 5) is 14.5. The molecule has 1 amide bonds. The molecule has 1 N–H and O–H groups in total. The van der Waals surface area contributed by atoms with E-state index < -0.39 is 6.61 Å². The maximum Gasteiger partial charge on any atom is 0.387 e. The van der Waals surface area contributed by atoms with E-state index in [2.05, 4.69) is 21.9 Å². The monoisotopic (exact) mass is 312 g/mol. The molecule has 4 nitrogen and oxygen atoms in total. The van der Waals surface area contributed by atoms with Crippen LogP contribution in [0.1, 0.15) is 26.7 Å². The first-order valence-corrected chi connectivity index (χ1v) is 7.56. The lowest BCUT2D eigenvalue weighted by Gasteiger charge is -2.34. The first-order chi connectivity index (χ1) is 10.5. The van der Waals surface area contributed by atoms with Gasteiger partial charge >= 0.3 is 6.61 Å². The average Bonchev–Trinajstić information content (AvgIpc) is 2.48. The number of rotatable bonds is 5. The van der Waals surface area contributed by atoms with Gasteiger partial charge < -0.3 is 10.1 Å². The van der Waals surface area contributed by atoms with Crippen molar-refractivity contribution in [1.82, 2.24) is 4.90 Å². The van der Waals surface area contributed by atoms with Crippen LogP contribution in [0.4, 0.5) is 14.5 Å². The van der Waals surface area contributed by atoms with Crippen LogP contribution in [-0.4, -0.2) is 36.5 Å². The van der Waals surface area contributed by atoms with E-state index in [0.717, 1.165) is 19.5 Å². The zero-order chi connectivity index (χ0) is 16.1. The van der Waals surface area contributed by atoms with Crippen molar-refractivity contribution in [2.75, 3.05) is 18.4 Å². The highest BCUT2D eigenvalue weighted by atomic mass is 19.3. The first kappa shape index (κ1) is 16.7. The average molecular weight is 312 g/mol. The highest BCUT2D eigenvalue weighted by Crippen LogP contribution is 2.26. The van der Waals surface area contributed by atoms with Gasteiger partial charge in [0.1, 0.15) is 5.75 Å². The van der Waals surface area contributed by atoms with Gasteiger partial charge in [-0.3, -0.25) is 9.69 Å². The van der Waals surface area contributed by atoms with Gasteiger partial charge in [0.25, 0.3) is 0 Å². The summed E-state index contributed by atoms with van der Waals surface area (Å²) in [5.74, 6) is 0.336. The maximum absolute atomic E-state index is 12.4. The smallest absolute Gasteiger partial charge is 0.387 e. The van der Waals surface area contributed by atoms with Crippen LogP contribution >= 0.6 is 0 Å². The van der Waals surface area contributed by atoms with Crippen LogP contribution in [0, 0.1) is 5.92 Å². The van der Waals surface area contributed by atoms with Gasteiger partial charge in [0.15, 0.2) is 0 Å². The van der Waals surface area contributed by atoms with Crippen LogP contribution in [0.3, 0.4) is 0 Å². The summed E-state index contributed by atoms with van der Waals surface area (Å²) < 4.78 is 29.2. The molecule has 2 atom stereocenters. The van der Waals surface area contributed by atoms with Crippen LogP contribution in [0.15, 0.2) is 24.3 Å². The third-order valence-electron chi connectivity index (χ3n) is 3.98. The van der Waals surface area contributed by atoms with Crippen molar-refractivity contribution in [3.8, 4) is 5.75 Å². The number of nitrogens with zero attached hydrogens (tertiary/aromatic N) is 1. The number of para-hydroxylation sites is 2. The SMILES string of the molecule is CC1CCCN(C(C)C(=O)Nc2ccccc2OC(F)F)C1. The van der Waals surface area contributed by atoms with Crippen LogP contribution in [0.5, 0.6) is 5.75 Å². The Balaban J connectivity index is 2.02. The molecule has 6 heteroatoms. The van der Waals surface area contributed by atoms with E-state index in [0.29, 0.717) is 5.92 Å². The Bertz CT molecular complexity index is 511. The largest absolute Gasteiger partial charge is 0.433 e. The Hall–Kier alpha value is -1.69. The summed E-state index contributed by atoms with van der Waals surface area (Å²) in [5, 5.41) is 2.69. The quantitative estimate of drug-likeness (QED) is 0.906. The van der Waals surface area contributed by atoms with Gasteiger partial charge in [-0.2, -0.15) is 8.78 Å². The second-order valence-electron chi connectivity index (χ2n) is 5.78. The van der Waals surface area contributed by atoms with E-state index in [1.165, 1.54) is 12.5 Å². The van der Waals surface area contributed by atoms with Crippen molar-refractivity contribution in [3.05, 3.63) is 24.3 Å². The second kappa shape index (κ2) is 7.54. The minimum Gasteiger partial charge on any atom is -0.433 e. The van der Waals surface area contributed by atoms with E-state index in [1.807, 2.05) is 6.92 Å². The number of hydrogen-bond acceptors (Lipinski definition) is 3. The van der Waals surface area contributed by atoms with Crippen LogP contribution in [0.2, 0.25) is 0 Å². The number of halogens is 2. The number of likely N-dealkylation sites (tertiary alicyclic amines) is 1. The lowest BCUT2D eigenvalue weighted by atomic mass is 9.99. The highest BCUT2D eigenvalue weighted by molar-refractivity contribution is 5.95. The molecule has 2 unspecified atom stereocenters. The normalized spacial score (nSPS) is 20.7. The molecule has 1 saturated heterocycles. The summed E-state index contributed by atoms with van der Waals surface area (Å²) in [6, 6.07) is 5.92. The summed E-state index contributed by atoms with van der Waals surface area (Å²) in [7, 11) is 0. The first-order valence-electron chi connectivity index (χ1n) is 7.56. The third-order valence-corrected chi connectivity index (χ3v) is 3.98. The molecule has 1 heterocycles. The van der Waals surface area contributed by atoms with Gasteiger partial charge in [-0.1, -0.05) is 19.1 Å². The van der Waals surface area contributed by atoms with Crippen LogP contribution < -0.4 is 10.1 Å². The second-order valence-corrected chi connectivity index (χ2v) is 5.78. The van der Waals surface area contributed by atoms with Crippen molar-refractivity contribution in [2.24, 2.45) is 5.92 Å². The molecule has 1 aliphatic heterocycles. The number of hydrogen-bond donors (Lipinski definition) is 1. The van der Waals surface area contributed by atoms with E-state index in [1.54, 1.807) is 18.2 Å². The number of carbonyl (C=O) groups is 1. The molecule has 0 bridgehead atoms. The number of piperidine rings is 1. The van der Waals surface area contributed by atoms with E-state index >= 15 is 0 Å². The van der Waals surface area contributed by atoms with E-state index in [9.17, 15) is 13.6 Å². The zero-order valence-electron chi connectivity index (χ0n) is 12.9. The van der Waals surface area contributed by atoms with Gasteiger partial charge in [0, 0.05) is 6.54 Å². The number of anilines is 1. The number of alkyl halides is 2. The van der Waals surface area contributed by atoms with Gasteiger partial charge in [-0.15, -0.1) is 0 Å². The third kappa shape index (κ3) is 4.40.